The predicted molar refractivity (Wildman–Crippen MR) is 66.8 cm³/mol. The molecule has 1 heterocycles. The fourth-order valence-electron chi connectivity index (χ4n) is 1.48. The molecular formula is C12H11N3O3. The van der Waals surface area contributed by atoms with Gasteiger partial charge in [-0.3, -0.25) is 14.6 Å². The average molecular weight is 245 g/mol. The third-order valence-corrected chi connectivity index (χ3v) is 2.46. The van der Waals surface area contributed by atoms with Crippen LogP contribution in [0.4, 0.5) is 5.69 Å². The molecule has 0 bridgehead atoms. The number of benzene rings is 1. The summed E-state index contributed by atoms with van der Waals surface area (Å²) in [6.45, 7) is 1.84. The lowest BCUT2D eigenvalue weighted by Crippen LogP contribution is -2.29. The third kappa shape index (κ3) is 2.37. The van der Waals surface area contributed by atoms with E-state index >= 15 is 0 Å². The number of carbonyl (C=O) groups is 1. The molecule has 0 radical (unpaired) electrons. The zero-order chi connectivity index (χ0) is 13.1. The maximum absolute atomic E-state index is 11.8. The number of aromatic amines is 2. The van der Waals surface area contributed by atoms with Crippen LogP contribution in [0.5, 0.6) is 0 Å². The molecule has 0 aliphatic carbocycles. The number of rotatable bonds is 2. The van der Waals surface area contributed by atoms with Gasteiger partial charge in [0.15, 0.2) is 0 Å². The van der Waals surface area contributed by atoms with Gasteiger partial charge in [-0.2, -0.15) is 0 Å². The molecule has 3 N–H and O–H groups in total. The van der Waals surface area contributed by atoms with E-state index in [4.69, 9.17) is 0 Å². The minimum absolute atomic E-state index is 0.141. The van der Waals surface area contributed by atoms with E-state index in [9.17, 15) is 14.4 Å². The molecule has 2 rings (SSSR count). The van der Waals surface area contributed by atoms with Crippen LogP contribution in [0.3, 0.4) is 0 Å². The summed E-state index contributed by atoms with van der Waals surface area (Å²) in [7, 11) is 0. The number of aryl methyl sites for hydroxylation is 1. The van der Waals surface area contributed by atoms with Gasteiger partial charge in [-0.05, 0) is 18.6 Å². The molecule has 0 fully saturated rings. The van der Waals surface area contributed by atoms with E-state index in [2.05, 4.69) is 10.3 Å². The standard InChI is InChI=1S/C12H11N3O3/c1-7-4-2-3-5-9(7)14-10(16)8-6-13-12(18)15-11(8)17/h2-6H,1H3,(H,14,16)(H2,13,15,17,18). The SMILES string of the molecule is Cc1ccccc1NC(=O)c1c[nH]c(=O)[nH]c1=O. The quantitative estimate of drug-likeness (QED) is 0.724. The molecule has 92 valence electrons. The number of nitrogens with one attached hydrogen (secondary N) is 3. The smallest absolute Gasteiger partial charge is 0.322 e. The molecule has 6 heteroatoms. The number of para-hydroxylation sites is 1. The van der Waals surface area contributed by atoms with Gasteiger partial charge in [0.05, 0.1) is 0 Å². The van der Waals surface area contributed by atoms with Gasteiger partial charge < -0.3 is 10.3 Å². The van der Waals surface area contributed by atoms with Crippen molar-refractivity contribution < 1.29 is 4.79 Å². The monoisotopic (exact) mass is 245 g/mol. The van der Waals surface area contributed by atoms with Crippen molar-refractivity contribution in [2.45, 2.75) is 6.92 Å². The second-order valence-corrected chi connectivity index (χ2v) is 3.75. The summed E-state index contributed by atoms with van der Waals surface area (Å²) in [5.41, 5.74) is -0.00469. The van der Waals surface area contributed by atoms with Gasteiger partial charge in [-0.25, -0.2) is 4.79 Å². The summed E-state index contributed by atoms with van der Waals surface area (Å²) < 4.78 is 0. The highest BCUT2D eigenvalue weighted by Gasteiger charge is 2.11. The summed E-state index contributed by atoms with van der Waals surface area (Å²) in [5, 5.41) is 2.61. The van der Waals surface area contributed by atoms with Crippen molar-refractivity contribution in [1.82, 2.24) is 9.97 Å². The van der Waals surface area contributed by atoms with Crippen LogP contribution in [0.1, 0.15) is 15.9 Å². The van der Waals surface area contributed by atoms with E-state index in [-0.39, 0.29) is 5.56 Å². The molecule has 1 amide bonds. The Bertz CT molecular complexity index is 700. The Morgan fingerprint density at radius 3 is 2.61 bits per heavy atom. The Balaban J connectivity index is 2.31. The number of aromatic nitrogens is 2. The van der Waals surface area contributed by atoms with Crippen LogP contribution in [0.25, 0.3) is 0 Å². The number of anilines is 1. The zero-order valence-electron chi connectivity index (χ0n) is 9.61. The molecule has 0 saturated carbocycles. The third-order valence-electron chi connectivity index (χ3n) is 2.46. The van der Waals surface area contributed by atoms with E-state index in [1.165, 1.54) is 0 Å². The molecule has 0 aliphatic heterocycles. The Labute approximate surface area is 102 Å². The van der Waals surface area contributed by atoms with E-state index in [0.717, 1.165) is 11.8 Å². The lowest BCUT2D eigenvalue weighted by Gasteiger charge is -2.06. The molecule has 0 saturated heterocycles. The zero-order valence-corrected chi connectivity index (χ0v) is 9.61. The van der Waals surface area contributed by atoms with E-state index in [1.807, 2.05) is 24.0 Å². The summed E-state index contributed by atoms with van der Waals surface area (Å²) in [4.78, 5) is 38.3. The van der Waals surface area contributed by atoms with Crippen LogP contribution in [0, 0.1) is 6.92 Å². The first-order chi connectivity index (χ1) is 8.58. The lowest BCUT2D eigenvalue weighted by molar-refractivity contribution is 0.102. The van der Waals surface area contributed by atoms with Gasteiger partial charge in [0.1, 0.15) is 5.56 Å². The number of hydrogen-bond acceptors (Lipinski definition) is 3. The number of amides is 1. The summed E-state index contributed by atoms with van der Waals surface area (Å²) in [6.07, 6.45) is 1.09. The van der Waals surface area contributed by atoms with Gasteiger partial charge >= 0.3 is 5.69 Å². The second-order valence-electron chi connectivity index (χ2n) is 3.75. The molecule has 1 aromatic carbocycles. The Hall–Kier alpha value is -2.63. The van der Waals surface area contributed by atoms with Crippen molar-refractivity contribution in [1.29, 1.82) is 0 Å². The highest BCUT2D eigenvalue weighted by atomic mass is 16.2. The highest BCUT2D eigenvalue weighted by molar-refractivity contribution is 6.04. The van der Waals surface area contributed by atoms with Gasteiger partial charge in [0.2, 0.25) is 0 Å². The molecular weight excluding hydrogens is 234 g/mol. The van der Waals surface area contributed by atoms with Crippen molar-refractivity contribution in [3.63, 3.8) is 0 Å². The highest BCUT2D eigenvalue weighted by Crippen LogP contribution is 2.13. The Morgan fingerprint density at radius 2 is 1.94 bits per heavy atom. The normalized spacial score (nSPS) is 10.1. The number of carbonyl (C=O) groups excluding carboxylic acids is 1. The maximum atomic E-state index is 11.8. The Morgan fingerprint density at radius 1 is 1.22 bits per heavy atom. The summed E-state index contributed by atoms with van der Waals surface area (Å²) in [6, 6.07) is 7.19. The molecule has 0 unspecified atom stereocenters. The molecule has 0 spiro atoms. The first-order valence-electron chi connectivity index (χ1n) is 5.27. The fraction of sp³-hybridized carbons (Fsp3) is 0.0833. The Kier molecular flexibility index (Phi) is 3.09. The molecule has 0 atom stereocenters. The van der Waals surface area contributed by atoms with E-state index in [0.29, 0.717) is 5.69 Å². The van der Waals surface area contributed by atoms with Crippen LogP contribution < -0.4 is 16.6 Å². The molecule has 18 heavy (non-hydrogen) atoms. The van der Waals surface area contributed by atoms with Crippen molar-refractivity contribution in [3.05, 3.63) is 62.4 Å². The van der Waals surface area contributed by atoms with Crippen LogP contribution in [-0.2, 0) is 0 Å². The molecule has 0 aliphatic rings. The summed E-state index contributed by atoms with van der Waals surface area (Å²) >= 11 is 0. The first kappa shape index (κ1) is 11.8. The topological polar surface area (TPSA) is 94.8 Å². The number of hydrogen-bond donors (Lipinski definition) is 3. The average Bonchev–Trinajstić information content (AvgIpc) is 2.32. The lowest BCUT2D eigenvalue weighted by atomic mass is 10.2. The molecule has 2 aromatic rings. The van der Waals surface area contributed by atoms with Crippen LogP contribution in [0.2, 0.25) is 0 Å². The van der Waals surface area contributed by atoms with E-state index in [1.54, 1.807) is 12.1 Å². The largest absolute Gasteiger partial charge is 0.325 e. The second kappa shape index (κ2) is 4.70. The van der Waals surface area contributed by atoms with Gasteiger partial charge in [-0.1, -0.05) is 18.2 Å². The molecule has 1 aromatic heterocycles. The maximum Gasteiger partial charge on any atom is 0.325 e. The fourth-order valence-corrected chi connectivity index (χ4v) is 1.48. The van der Waals surface area contributed by atoms with Gasteiger partial charge in [0.25, 0.3) is 11.5 Å². The number of H-pyrrole nitrogens is 2. The van der Waals surface area contributed by atoms with Crippen LogP contribution in [0.15, 0.2) is 40.1 Å². The molecule has 6 nitrogen and oxygen atoms in total. The van der Waals surface area contributed by atoms with Crippen LogP contribution in [-0.4, -0.2) is 15.9 Å². The minimum atomic E-state index is -0.718. The predicted octanol–water partition coefficient (Wildman–Crippen LogP) is 0.624. The van der Waals surface area contributed by atoms with Gasteiger partial charge in [-0.15, -0.1) is 0 Å². The van der Waals surface area contributed by atoms with Crippen molar-refractivity contribution in [2.24, 2.45) is 0 Å². The van der Waals surface area contributed by atoms with Crippen molar-refractivity contribution in [2.75, 3.05) is 5.32 Å². The van der Waals surface area contributed by atoms with Gasteiger partial charge in [0, 0.05) is 11.9 Å². The summed E-state index contributed by atoms with van der Waals surface area (Å²) in [5.74, 6) is -0.568. The van der Waals surface area contributed by atoms with Crippen LogP contribution >= 0.6 is 0 Å². The van der Waals surface area contributed by atoms with Crippen molar-refractivity contribution in [3.8, 4) is 0 Å². The minimum Gasteiger partial charge on any atom is -0.322 e. The van der Waals surface area contributed by atoms with E-state index < -0.39 is 17.2 Å². The van der Waals surface area contributed by atoms with Crippen molar-refractivity contribution >= 4 is 11.6 Å². The first-order valence-corrected chi connectivity index (χ1v) is 5.27.